The molecule has 0 radical (unpaired) electrons. The van der Waals surface area contributed by atoms with Crippen LogP contribution in [0.15, 0.2) is 33.8 Å². The quantitative estimate of drug-likeness (QED) is 0.577. The third-order valence-corrected chi connectivity index (χ3v) is 4.09. The average Bonchev–Trinajstić information content (AvgIpc) is 3.12. The van der Waals surface area contributed by atoms with Gasteiger partial charge < -0.3 is 19.5 Å². The van der Waals surface area contributed by atoms with E-state index in [2.05, 4.69) is 56.5 Å². The molecule has 142 valence electrons. The molecule has 26 heavy (non-hydrogen) atoms. The molecule has 1 unspecified atom stereocenters. The zero-order valence-corrected chi connectivity index (χ0v) is 16.3. The number of nitrogens with zero attached hydrogens (tertiary/aromatic N) is 4. The van der Waals surface area contributed by atoms with Crippen molar-refractivity contribution in [2.24, 2.45) is 4.99 Å². The molecule has 0 saturated heterocycles. The predicted octanol–water partition coefficient (Wildman–Crippen LogP) is 2.94. The normalized spacial score (nSPS) is 12.9. The van der Waals surface area contributed by atoms with Gasteiger partial charge >= 0.3 is 0 Å². The van der Waals surface area contributed by atoms with Crippen LogP contribution in [0.5, 0.6) is 0 Å². The summed E-state index contributed by atoms with van der Waals surface area (Å²) in [5.74, 6) is 1.83. The number of benzene rings is 1. The molecule has 2 aromatic rings. The lowest BCUT2D eigenvalue weighted by atomic mass is 10.1. The Morgan fingerprint density at radius 3 is 2.58 bits per heavy atom. The fraction of sp³-hybridized carbons (Fsp3) is 0.526. The number of hydrogen-bond acceptors (Lipinski definition) is 5. The van der Waals surface area contributed by atoms with Crippen LogP contribution in [0.1, 0.15) is 49.7 Å². The van der Waals surface area contributed by atoms with Gasteiger partial charge in [-0.1, -0.05) is 36.3 Å². The highest BCUT2D eigenvalue weighted by Crippen LogP contribution is 2.12. The summed E-state index contributed by atoms with van der Waals surface area (Å²) >= 11 is 0. The Balaban J connectivity index is 1.90. The van der Waals surface area contributed by atoms with E-state index in [1.165, 1.54) is 11.1 Å². The van der Waals surface area contributed by atoms with Crippen molar-refractivity contribution in [1.82, 2.24) is 20.4 Å². The van der Waals surface area contributed by atoms with E-state index in [4.69, 9.17) is 9.26 Å². The number of ether oxygens (including phenoxy) is 1. The molecule has 7 nitrogen and oxygen atoms in total. The minimum absolute atomic E-state index is 0.175. The standard InChI is InChI=1S/C19H29N5O2/c1-6-15-8-10-16(11-9-15)13-24(5)19(20-4)21-12-17-22-18(23-26-17)14(3)25-7-2/h8-11,14H,6-7,12-13H2,1-5H3,(H,20,21). The second kappa shape index (κ2) is 9.91. The lowest BCUT2D eigenvalue weighted by molar-refractivity contribution is 0.0683. The van der Waals surface area contributed by atoms with Crippen LogP contribution in [-0.2, 0) is 24.2 Å². The van der Waals surface area contributed by atoms with Gasteiger partial charge in [0.1, 0.15) is 6.10 Å². The van der Waals surface area contributed by atoms with Crippen LogP contribution in [0.2, 0.25) is 0 Å². The summed E-state index contributed by atoms with van der Waals surface area (Å²) < 4.78 is 10.7. The number of hydrogen-bond donors (Lipinski definition) is 1. The lowest BCUT2D eigenvalue weighted by Crippen LogP contribution is -2.38. The van der Waals surface area contributed by atoms with Crippen LogP contribution in [-0.4, -0.2) is 41.7 Å². The molecule has 1 aromatic carbocycles. The van der Waals surface area contributed by atoms with E-state index < -0.39 is 0 Å². The van der Waals surface area contributed by atoms with Gasteiger partial charge in [0.2, 0.25) is 5.89 Å². The average molecular weight is 359 g/mol. The molecule has 0 fully saturated rings. The third-order valence-electron chi connectivity index (χ3n) is 4.09. The van der Waals surface area contributed by atoms with Gasteiger partial charge in [-0.25, -0.2) is 0 Å². The second-order valence-electron chi connectivity index (χ2n) is 6.07. The van der Waals surface area contributed by atoms with Crippen molar-refractivity contribution in [1.29, 1.82) is 0 Å². The van der Waals surface area contributed by atoms with Gasteiger partial charge in [-0.05, 0) is 31.4 Å². The van der Waals surface area contributed by atoms with Crippen LogP contribution in [0.4, 0.5) is 0 Å². The van der Waals surface area contributed by atoms with Gasteiger partial charge in [-0.15, -0.1) is 0 Å². The van der Waals surface area contributed by atoms with Crippen LogP contribution in [0.3, 0.4) is 0 Å². The van der Waals surface area contributed by atoms with E-state index in [0.29, 0.717) is 24.9 Å². The summed E-state index contributed by atoms with van der Waals surface area (Å²) in [5.41, 5.74) is 2.57. The molecule has 1 N–H and O–H groups in total. The van der Waals surface area contributed by atoms with Crippen molar-refractivity contribution in [3.8, 4) is 0 Å². The minimum Gasteiger partial charge on any atom is -0.371 e. The first kappa shape index (κ1) is 19.9. The molecule has 0 bridgehead atoms. The van der Waals surface area contributed by atoms with Gasteiger partial charge in [0.25, 0.3) is 0 Å². The predicted molar refractivity (Wildman–Crippen MR) is 102 cm³/mol. The van der Waals surface area contributed by atoms with Gasteiger partial charge in [0.05, 0.1) is 6.54 Å². The summed E-state index contributed by atoms with van der Waals surface area (Å²) in [6, 6.07) is 8.64. The molecule has 1 heterocycles. The Labute approximate surface area is 155 Å². The topological polar surface area (TPSA) is 75.8 Å². The molecule has 0 aliphatic carbocycles. The van der Waals surface area contributed by atoms with E-state index >= 15 is 0 Å². The fourth-order valence-electron chi connectivity index (χ4n) is 2.60. The Morgan fingerprint density at radius 2 is 1.96 bits per heavy atom. The van der Waals surface area contributed by atoms with Gasteiger partial charge in [-0.2, -0.15) is 4.98 Å². The molecule has 0 saturated carbocycles. The van der Waals surface area contributed by atoms with E-state index in [0.717, 1.165) is 18.9 Å². The Bertz CT molecular complexity index is 696. The van der Waals surface area contributed by atoms with Gasteiger partial charge in [-0.3, -0.25) is 4.99 Å². The van der Waals surface area contributed by atoms with Gasteiger partial charge in [0.15, 0.2) is 11.8 Å². The fourth-order valence-corrected chi connectivity index (χ4v) is 2.60. The van der Waals surface area contributed by atoms with Crippen LogP contribution >= 0.6 is 0 Å². The maximum Gasteiger partial charge on any atom is 0.246 e. The molecule has 0 amide bonds. The Kier molecular flexibility index (Phi) is 7.59. The highest BCUT2D eigenvalue weighted by atomic mass is 16.5. The van der Waals surface area contributed by atoms with E-state index in [1.807, 2.05) is 20.9 Å². The second-order valence-corrected chi connectivity index (χ2v) is 6.07. The van der Waals surface area contributed by atoms with Crippen LogP contribution in [0, 0.1) is 0 Å². The molecule has 7 heteroatoms. The third kappa shape index (κ3) is 5.56. The Morgan fingerprint density at radius 1 is 1.27 bits per heavy atom. The number of aliphatic imine (C=N–C) groups is 1. The maximum atomic E-state index is 5.47. The monoisotopic (exact) mass is 359 g/mol. The van der Waals surface area contributed by atoms with Crippen molar-refractivity contribution >= 4 is 5.96 Å². The molecule has 0 aliphatic heterocycles. The number of guanidine groups is 1. The van der Waals surface area contributed by atoms with E-state index in [9.17, 15) is 0 Å². The smallest absolute Gasteiger partial charge is 0.246 e. The van der Waals surface area contributed by atoms with Crippen LogP contribution in [0.25, 0.3) is 0 Å². The highest BCUT2D eigenvalue weighted by Gasteiger charge is 2.14. The zero-order valence-electron chi connectivity index (χ0n) is 16.3. The van der Waals surface area contributed by atoms with Crippen molar-refractivity contribution in [3.05, 3.63) is 47.1 Å². The summed E-state index contributed by atoms with van der Waals surface area (Å²) in [5, 5.41) is 7.21. The maximum absolute atomic E-state index is 5.47. The molecular weight excluding hydrogens is 330 g/mol. The first-order valence-corrected chi connectivity index (χ1v) is 9.01. The highest BCUT2D eigenvalue weighted by molar-refractivity contribution is 5.79. The molecular formula is C19H29N5O2. The van der Waals surface area contributed by atoms with Crippen molar-refractivity contribution in [2.75, 3.05) is 20.7 Å². The first-order chi connectivity index (χ1) is 12.6. The summed E-state index contributed by atoms with van der Waals surface area (Å²) in [6.07, 6.45) is 0.874. The van der Waals surface area contributed by atoms with E-state index in [-0.39, 0.29) is 6.10 Å². The van der Waals surface area contributed by atoms with Gasteiger partial charge in [0, 0.05) is 27.2 Å². The van der Waals surface area contributed by atoms with Crippen molar-refractivity contribution in [3.63, 3.8) is 0 Å². The SMILES string of the molecule is CCOC(C)c1noc(CNC(=NC)N(C)Cc2ccc(CC)cc2)n1. The summed E-state index contributed by atoms with van der Waals surface area (Å²) in [7, 11) is 3.76. The summed E-state index contributed by atoms with van der Waals surface area (Å²) in [4.78, 5) is 10.7. The molecule has 0 aliphatic rings. The molecule has 2 rings (SSSR count). The van der Waals surface area contributed by atoms with Crippen molar-refractivity contribution < 1.29 is 9.26 Å². The Hall–Kier alpha value is -2.41. The molecule has 1 aromatic heterocycles. The number of aryl methyl sites for hydroxylation is 1. The largest absolute Gasteiger partial charge is 0.371 e. The summed E-state index contributed by atoms with van der Waals surface area (Å²) in [6.45, 7) is 7.79. The lowest BCUT2D eigenvalue weighted by Gasteiger charge is -2.21. The number of rotatable bonds is 8. The zero-order chi connectivity index (χ0) is 18.9. The molecule has 0 spiro atoms. The van der Waals surface area contributed by atoms with E-state index in [1.54, 1.807) is 7.05 Å². The number of nitrogens with one attached hydrogen (secondary N) is 1. The first-order valence-electron chi connectivity index (χ1n) is 9.01. The van der Waals surface area contributed by atoms with Crippen molar-refractivity contribution in [2.45, 2.75) is 46.4 Å². The molecule has 1 atom stereocenters. The number of aromatic nitrogens is 2. The minimum atomic E-state index is -0.175. The van der Waals surface area contributed by atoms with Crippen LogP contribution < -0.4 is 5.32 Å².